The SMILES string of the molecule is Cc1nc(COc2cccc(C(=O)N[C@@H](C)CN)c2)cs1.Cl.Cl. The molecule has 0 radical (unpaired) electrons. The van der Waals surface area contributed by atoms with Crippen molar-refractivity contribution in [2.75, 3.05) is 6.54 Å². The first-order chi connectivity index (χ1) is 10.1. The monoisotopic (exact) mass is 377 g/mol. The summed E-state index contributed by atoms with van der Waals surface area (Å²) >= 11 is 1.59. The number of rotatable bonds is 6. The van der Waals surface area contributed by atoms with Crippen LogP contribution in [0.1, 0.15) is 28.0 Å². The van der Waals surface area contributed by atoms with Crippen LogP contribution in [0.3, 0.4) is 0 Å². The Labute approximate surface area is 152 Å². The van der Waals surface area contributed by atoms with Gasteiger partial charge in [0.2, 0.25) is 0 Å². The molecule has 5 nitrogen and oxygen atoms in total. The summed E-state index contributed by atoms with van der Waals surface area (Å²) in [5.74, 6) is 0.497. The summed E-state index contributed by atoms with van der Waals surface area (Å²) in [4.78, 5) is 16.3. The van der Waals surface area contributed by atoms with E-state index in [1.807, 2.05) is 25.3 Å². The van der Waals surface area contributed by atoms with Crippen LogP contribution < -0.4 is 15.8 Å². The first-order valence-electron chi connectivity index (χ1n) is 6.73. The topological polar surface area (TPSA) is 77.2 Å². The predicted octanol–water partition coefficient (Wildman–Crippen LogP) is 2.95. The summed E-state index contributed by atoms with van der Waals surface area (Å²) in [6.45, 7) is 4.63. The van der Waals surface area contributed by atoms with Gasteiger partial charge in [-0.1, -0.05) is 6.07 Å². The highest BCUT2D eigenvalue weighted by Crippen LogP contribution is 2.16. The Balaban J connectivity index is 0.00000242. The van der Waals surface area contributed by atoms with E-state index in [0.717, 1.165) is 10.7 Å². The molecular weight excluding hydrogens is 357 g/mol. The smallest absolute Gasteiger partial charge is 0.251 e. The molecule has 0 fully saturated rings. The highest BCUT2D eigenvalue weighted by atomic mass is 35.5. The van der Waals surface area contributed by atoms with Crippen LogP contribution in [-0.4, -0.2) is 23.5 Å². The van der Waals surface area contributed by atoms with Gasteiger partial charge in [-0.15, -0.1) is 36.2 Å². The van der Waals surface area contributed by atoms with Gasteiger partial charge in [-0.25, -0.2) is 4.98 Å². The third-order valence-corrected chi connectivity index (χ3v) is 3.70. The number of amides is 1. The average molecular weight is 378 g/mol. The minimum Gasteiger partial charge on any atom is -0.487 e. The fourth-order valence-corrected chi connectivity index (χ4v) is 2.32. The summed E-state index contributed by atoms with van der Waals surface area (Å²) < 4.78 is 5.67. The number of nitrogens with zero attached hydrogens (tertiary/aromatic N) is 1. The number of thiazole rings is 1. The lowest BCUT2D eigenvalue weighted by Crippen LogP contribution is -2.37. The summed E-state index contributed by atoms with van der Waals surface area (Å²) in [6, 6.07) is 7.03. The normalized spacial score (nSPS) is 10.9. The lowest BCUT2D eigenvalue weighted by molar-refractivity contribution is 0.0941. The van der Waals surface area contributed by atoms with Crippen LogP contribution in [-0.2, 0) is 6.61 Å². The molecule has 2 rings (SSSR count). The number of carbonyl (C=O) groups is 1. The van der Waals surface area contributed by atoms with Crippen molar-refractivity contribution in [2.24, 2.45) is 5.73 Å². The van der Waals surface area contributed by atoms with Crippen LogP contribution in [0.5, 0.6) is 5.75 Å². The summed E-state index contributed by atoms with van der Waals surface area (Å²) in [6.07, 6.45) is 0. The number of nitrogens with two attached hydrogens (primary N) is 1. The quantitative estimate of drug-likeness (QED) is 0.810. The van der Waals surface area contributed by atoms with E-state index < -0.39 is 0 Å². The van der Waals surface area contributed by atoms with E-state index in [2.05, 4.69) is 10.3 Å². The number of benzene rings is 1. The molecule has 1 heterocycles. The minimum absolute atomic E-state index is 0. The number of halogens is 2. The Morgan fingerprint density at radius 2 is 2.17 bits per heavy atom. The third-order valence-electron chi connectivity index (χ3n) is 2.88. The fraction of sp³-hybridized carbons (Fsp3) is 0.333. The van der Waals surface area contributed by atoms with Crippen molar-refractivity contribution < 1.29 is 9.53 Å². The van der Waals surface area contributed by atoms with Gasteiger partial charge in [-0.2, -0.15) is 0 Å². The molecule has 128 valence electrons. The van der Waals surface area contributed by atoms with Crippen LogP contribution in [0.4, 0.5) is 0 Å². The third kappa shape index (κ3) is 6.74. The van der Waals surface area contributed by atoms with Crippen LogP contribution in [0.2, 0.25) is 0 Å². The predicted molar refractivity (Wildman–Crippen MR) is 98.1 cm³/mol. The summed E-state index contributed by atoms with van der Waals surface area (Å²) in [5.41, 5.74) is 6.95. The molecule has 0 aliphatic rings. The van der Waals surface area contributed by atoms with E-state index in [4.69, 9.17) is 10.5 Å². The molecule has 23 heavy (non-hydrogen) atoms. The van der Waals surface area contributed by atoms with E-state index in [9.17, 15) is 4.79 Å². The Hall–Kier alpha value is -1.34. The van der Waals surface area contributed by atoms with Gasteiger partial charge in [0.1, 0.15) is 12.4 Å². The fourth-order valence-electron chi connectivity index (χ4n) is 1.72. The minimum atomic E-state index is -0.150. The molecule has 3 N–H and O–H groups in total. The number of hydrogen-bond donors (Lipinski definition) is 2. The lowest BCUT2D eigenvalue weighted by Gasteiger charge is -2.12. The number of nitrogens with one attached hydrogen (secondary N) is 1. The first-order valence-corrected chi connectivity index (χ1v) is 7.61. The van der Waals surface area contributed by atoms with Crippen LogP contribution >= 0.6 is 36.2 Å². The summed E-state index contributed by atoms with van der Waals surface area (Å²) in [5, 5.41) is 5.80. The molecule has 1 aromatic carbocycles. The molecule has 2 aromatic rings. The molecule has 0 aliphatic carbocycles. The van der Waals surface area contributed by atoms with Gasteiger partial charge in [-0.05, 0) is 32.0 Å². The van der Waals surface area contributed by atoms with Crippen molar-refractivity contribution in [3.05, 3.63) is 45.9 Å². The van der Waals surface area contributed by atoms with Gasteiger partial charge in [0.05, 0.1) is 10.7 Å². The molecule has 0 bridgehead atoms. The zero-order chi connectivity index (χ0) is 15.2. The molecule has 1 aromatic heterocycles. The maximum atomic E-state index is 12.0. The second kappa shape index (κ2) is 10.4. The molecule has 1 atom stereocenters. The first kappa shape index (κ1) is 21.7. The largest absolute Gasteiger partial charge is 0.487 e. The highest BCUT2D eigenvalue weighted by Gasteiger charge is 2.09. The molecule has 8 heteroatoms. The number of carbonyl (C=O) groups excluding carboxylic acids is 1. The number of hydrogen-bond acceptors (Lipinski definition) is 5. The Bertz CT molecular complexity index is 622. The Morgan fingerprint density at radius 1 is 1.43 bits per heavy atom. The molecule has 0 aliphatic heterocycles. The van der Waals surface area contributed by atoms with Crippen molar-refractivity contribution in [1.29, 1.82) is 0 Å². The molecular formula is C15H21Cl2N3O2S. The standard InChI is InChI=1S/C15H19N3O2S.2ClH/c1-10(7-16)17-15(19)12-4-3-5-14(6-12)20-8-13-9-21-11(2)18-13;;/h3-6,9-10H,7-8,16H2,1-2H3,(H,17,19);2*1H/t10-;;/m0../s1. The van der Waals surface area contributed by atoms with Crippen molar-refractivity contribution in [1.82, 2.24) is 10.3 Å². The number of aryl methyl sites for hydroxylation is 1. The van der Waals surface area contributed by atoms with Crippen LogP contribution in [0, 0.1) is 6.92 Å². The van der Waals surface area contributed by atoms with Gasteiger partial charge >= 0.3 is 0 Å². The molecule has 1 amide bonds. The second-order valence-electron chi connectivity index (χ2n) is 4.78. The van der Waals surface area contributed by atoms with Gasteiger partial charge < -0.3 is 15.8 Å². The van der Waals surface area contributed by atoms with E-state index in [1.54, 1.807) is 29.5 Å². The van der Waals surface area contributed by atoms with Crippen molar-refractivity contribution in [3.63, 3.8) is 0 Å². The van der Waals surface area contributed by atoms with Gasteiger partial charge in [0.25, 0.3) is 5.91 Å². The second-order valence-corrected chi connectivity index (χ2v) is 5.85. The molecule has 0 saturated heterocycles. The molecule has 0 spiro atoms. The van der Waals surface area contributed by atoms with Crippen LogP contribution in [0.15, 0.2) is 29.6 Å². The average Bonchev–Trinajstić information content (AvgIpc) is 2.91. The number of ether oxygens (including phenoxy) is 1. The van der Waals surface area contributed by atoms with Crippen molar-refractivity contribution in [3.8, 4) is 5.75 Å². The highest BCUT2D eigenvalue weighted by molar-refractivity contribution is 7.09. The van der Waals surface area contributed by atoms with E-state index in [1.165, 1.54) is 0 Å². The van der Waals surface area contributed by atoms with Crippen molar-refractivity contribution >= 4 is 42.1 Å². The van der Waals surface area contributed by atoms with Gasteiger partial charge in [0, 0.05) is 23.5 Å². The molecule has 0 saturated carbocycles. The van der Waals surface area contributed by atoms with Gasteiger partial charge in [-0.3, -0.25) is 4.79 Å². The zero-order valence-corrected chi connectivity index (χ0v) is 15.4. The lowest BCUT2D eigenvalue weighted by atomic mass is 10.2. The summed E-state index contributed by atoms with van der Waals surface area (Å²) in [7, 11) is 0. The number of aromatic nitrogens is 1. The Morgan fingerprint density at radius 3 is 2.78 bits per heavy atom. The van der Waals surface area contributed by atoms with E-state index in [0.29, 0.717) is 24.5 Å². The van der Waals surface area contributed by atoms with Crippen LogP contribution in [0.25, 0.3) is 0 Å². The maximum absolute atomic E-state index is 12.0. The zero-order valence-electron chi connectivity index (χ0n) is 12.9. The van der Waals surface area contributed by atoms with Gasteiger partial charge in [0.15, 0.2) is 0 Å². The maximum Gasteiger partial charge on any atom is 0.251 e. The Kier molecular flexibility index (Phi) is 9.83. The van der Waals surface area contributed by atoms with E-state index in [-0.39, 0.29) is 36.8 Å². The van der Waals surface area contributed by atoms with Crippen molar-refractivity contribution in [2.45, 2.75) is 26.5 Å². The molecule has 0 unspecified atom stereocenters. The van der Waals surface area contributed by atoms with E-state index >= 15 is 0 Å².